The van der Waals surface area contributed by atoms with Gasteiger partial charge in [0, 0.05) is 10.0 Å². The highest BCUT2D eigenvalue weighted by Crippen LogP contribution is 2.27. The lowest BCUT2D eigenvalue weighted by molar-refractivity contribution is 0.340. The van der Waals surface area contributed by atoms with Crippen LogP contribution < -0.4 is 10.1 Å². The summed E-state index contributed by atoms with van der Waals surface area (Å²) >= 11 is 3.27. The van der Waals surface area contributed by atoms with Crippen LogP contribution in [0.2, 0.25) is 0 Å². The van der Waals surface area contributed by atoms with Crippen molar-refractivity contribution in [3.8, 4) is 5.75 Å². The average Bonchev–Trinajstić information content (AvgIpc) is 2.44. The third-order valence-electron chi connectivity index (χ3n) is 3.09. The third kappa shape index (κ3) is 3.38. The fourth-order valence-electron chi connectivity index (χ4n) is 2.16. The van der Waals surface area contributed by atoms with Gasteiger partial charge in [0.05, 0.1) is 12.6 Å². The molecule has 0 heterocycles. The van der Waals surface area contributed by atoms with Gasteiger partial charge >= 0.3 is 0 Å². The first-order chi connectivity index (χ1) is 9.65. The zero-order chi connectivity index (χ0) is 14.5. The van der Waals surface area contributed by atoms with Crippen LogP contribution in [0.15, 0.2) is 46.9 Å². The van der Waals surface area contributed by atoms with Crippen LogP contribution >= 0.6 is 15.9 Å². The second-order valence-electron chi connectivity index (χ2n) is 4.39. The Labute approximate surface area is 127 Å². The molecular weight excluding hydrogens is 321 g/mol. The molecule has 0 amide bonds. The molecule has 4 heteroatoms. The topological polar surface area (TPSA) is 21.3 Å². The van der Waals surface area contributed by atoms with Gasteiger partial charge in [0.2, 0.25) is 0 Å². The molecule has 1 unspecified atom stereocenters. The van der Waals surface area contributed by atoms with Crippen LogP contribution in [0.1, 0.15) is 24.1 Å². The molecular formula is C16H17BrFNO. The van der Waals surface area contributed by atoms with Gasteiger partial charge in [-0.25, -0.2) is 4.39 Å². The molecule has 2 rings (SSSR count). The maximum absolute atomic E-state index is 14.1. The highest BCUT2D eigenvalue weighted by Gasteiger charge is 2.16. The third-order valence-corrected chi connectivity index (χ3v) is 3.58. The molecule has 0 aromatic heterocycles. The van der Waals surface area contributed by atoms with Crippen molar-refractivity contribution in [2.75, 3.05) is 13.7 Å². The molecule has 0 aliphatic heterocycles. The molecule has 1 atom stereocenters. The van der Waals surface area contributed by atoms with Crippen LogP contribution in [-0.4, -0.2) is 13.7 Å². The van der Waals surface area contributed by atoms with Crippen molar-refractivity contribution in [1.29, 1.82) is 0 Å². The van der Waals surface area contributed by atoms with Crippen LogP contribution in [0.4, 0.5) is 4.39 Å². The van der Waals surface area contributed by atoms with Crippen molar-refractivity contribution >= 4 is 15.9 Å². The fraction of sp³-hybridized carbons (Fsp3) is 0.250. The summed E-state index contributed by atoms with van der Waals surface area (Å²) in [5, 5.41) is 3.15. The van der Waals surface area contributed by atoms with Crippen LogP contribution in [0.25, 0.3) is 0 Å². The number of rotatable bonds is 5. The number of hydrogen-bond acceptors (Lipinski definition) is 2. The normalized spacial score (nSPS) is 12.2. The minimum absolute atomic E-state index is 0.182. The van der Waals surface area contributed by atoms with Crippen molar-refractivity contribution in [1.82, 2.24) is 5.32 Å². The number of nitrogens with one attached hydrogen (secondary N) is 1. The first-order valence-corrected chi connectivity index (χ1v) is 7.30. The molecule has 2 aromatic carbocycles. The molecule has 0 radical (unpaired) electrons. The van der Waals surface area contributed by atoms with Crippen LogP contribution in [0.3, 0.4) is 0 Å². The average molecular weight is 338 g/mol. The van der Waals surface area contributed by atoms with Gasteiger partial charge < -0.3 is 10.1 Å². The van der Waals surface area contributed by atoms with E-state index in [1.807, 2.05) is 44.3 Å². The van der Waals surface area contributed by atoms with E-state index in [9.17, 15) is 4.39 Å². The fourth-order valence-corrected chi connectivity index (χ4v) is 2.49. The summed E-state index contributed by atoms with van der Waals surface area (Å²) in [6.07, 6.45) is 0. The summed E-state index contributed by atoms with van der Waals surface area (Å²) in [4.78, 5) is 0. The van der Waals surface area contributed by atoms with E-state index in [2.05, 4.69) is 21.2 Å². The number of ether oxygens (including phenoxy) is 1. The summed E-state index contributed by atoms with van der Waals surface area (Å²) in [5.41, 5.74) is 1.62. The molecule has 0 saturated heterocycles. The maximum atomic E-state index is 14.1. The van der Waals surface area contributed by atoms with Gasteiger partial charge in [-0.1, -0.05) is 34.1 Å². The van der Waals surface area contributed by atoms with Crippen molar-refractivity contribution in [3.63, 3.8) is 0 Å². The van der Waals surface area contributed by atoms with Gasteiger partial charge in [0.25, 0.3) is 0 Å². The van der Waals surface area contributed by atoms with Crippen molar-refractivity contribution in [3.05, 3.63) is 63.9 Å². The molecule has 20 heavy (non-hydrogen) atoms. The highest BCUT2D eigenvalue weighted by atomic mass is 79.9. The van der Waals surface area contributed by atoms with Crippen molar-refractivity contribution < 1.29 is 9.13 Å². The Morgan fingerprint density at radius 1 is 1.20 bits per heavy atom. The van der Waals surface area contributed by atoms with Crippen molar-refractivity contribution in [2.24, 2.45) is 0 Å². The summed E-state index contributed by atoms with van der Waals surface area (Å²) in [6, 6.07) is 12.6. The standard InChI is InChI=1S/C16H17BrFNO/c1-3-20-13-7-4-11(5-8-13)16(19-2)14-9-6-12(17)10-15(14)18/h4-10,16,19H,3H2,1-2H3. The highest BCUT2D eigenvalue weighted by molar-refractivity contribution is 9.10. The number of benzene rings is 2. The predicted molar refractivity (Wildman–Crippen MR) is 82.6 cm³/mol. The van der Waals surface area contributed by atoms with E-state index in [0.29, 0.717) is 12.2 Å². The Bertz CT molecular complexity index is 571. The molecule has 1 N–H and O–H groups in total. The minimum atomic E-state index is -0.229. The first-order valence-electron chi connectivity index (χ1n) is 6.50. The van der Waals surface area contributed by atoms with E-state index < -0.39 is 0 Å². The monoisotopic (exact) mass is 337 g/mol. The lowest BCUT2D eigenvalue weighted by Gasteiger charge is -2.18. The van der Waals surface area contributed by atoms with Crippen LogP contribution in [0, 0.1) is 5.82 Å². The SMILES string of the molecule is CCOc1ccc(C(NC)c2ccc(Br)cc2F)cc1. The lowest BCUT2D eigenvalue weighted by Crippen LogP contribution is -2.18. The quantitative estimate of drug-likeness (QED) is 0.878. The van der Waals surface area contributed by atoms with Gasteiger partial charge in [0.15, 0.2) is 0 Å². The Kier molecular flexibility index (Phi) is 5.15. The van der Waals surface area contributed by atoms with Gasteiger partial charge in [-0.05, 0) is 43.8 Å². The lowest BCUT2D eigenvalue weighted by atomic mass is 9.98. The zero-order valence-electron chi connectivity index (χ0n) is 11.5. The Morgan fingerprint density at radius 3 is 2.45 bits per heavy atom. The first kappa shape index (κ1) is 15.0. The van der Waals surface area contributed by atoms with Crippen LogP contribution in [0.5, 0.6) is 5.75 Å². The Morgan fingerprint density at radius 2 is 1.90 bits per heavy atom. The predicted octanol–water partition coefficient (Wildman–Crippen LogP) is 4.30. The molecule has 0 aliphatic rings. The molecule has 2 nitrogen and oxygen atoms in total. The van der Waals surface area contributed by atoms with E-state index in [-0.39, 0.29) is 11.9 Å². The molecule has 2 aromatic rings. The number of hydrogen-bond donors (Lipinski definition) is 1. The Balaban J connectivity index is 2.31. The summed E-state index contributed by atoms with van der Waals surface area (Å²) in [5.74, 6) is 0.593. The van der Waals surface area contributed by atoms with E-state index in [1.165, 1.54) is 6.07 Å². The molecule has 0 spiro atoms. The van der Waals surface area contributed by atoms with Gasteiger partial charge in [-0.3, -0.25) is 0 Å². The molecule has 0 aliphatic carbocycles. The number of halogens is 2. The van der Waals surface area contributed by atoms with E-state index in [1.54, 1.807) is 6.07 Å². The van der Waals surface area contributed by atoms with E-state index in [0.717, 1.165) is 15.8 Å². The van der Waals surface area contributed by atoms with Crippen LogP contribution in [-0.2, 0) is 0 Å². The van der Waals surface area contributed by atoms with E-state index >= 15 is 0 Å². The van der Waals surface area contributed by atoms with Crippen molar-refractivity contribution in [2.45, 2.75) is 13.0 Å². The van der Waals surface area contributed by atoms with Gasteiger partial charge in [0.1, 0.15) is 11.6 Å². The van der Waals surface area contributed by atoms with E-state index in [4.69, 9.17) is 4.74 Å². The minimum Gasteiger partial charge on any atom is -0.494 e. The zero-order valence-corrected chi connectivity index (χ0v) is 13.1. The molecule has 0 saturated carbocycles. The summed E-state index contributed by atoms with van der Waals surface area (Å²) in [6.45, 7) is 2.58. The van der Waals surface area contributed by atoms with Gasteiger partial charge in [-0.15, -0.1) is 0 Å². The largest absolute Gasteiger partial charge is 0.494 e. The molecule has 0 bridgehead atoms. The maximum Gasteiger partial charge on any atom is 0.129 e. The Hall–Kier alpha value is -1.39. The molecule has 106 valence electrons. The summed E-state index contributed by atoms with van der Waals surface area (Å²) < 4.78 is 20.2. The second kappa shape index (κ2) is 6.86. The second-order valence-corrected chi connectivity index (χ2v) is 5.31. The molecule has 0 fully saturated rings. The smallest absolute Gasteiger partial charge is 0.129 e. The summed E-state index contributed by atoms with van der Waals surface area (Å²) in [7, 11) is 1.82. The van der Waals surface area contributed by atoms with Gasteiger partial charge in [-0.2, -0.15) is 0 Å².